The van der Waals surface area contributed by atoms with Crippen LogP contribution in [0.3, 0.4) is 0 Å². The second kappa shape index (κ2) is 8.58. The Morgan fingerprint density at radius 1 is 1.42 bits per heavy atom. The van der Waals surface area contributed by atoms with Gasteiger partial charge in [-0.1, -0.05) is 30.3 Å². The van der Waals surface area contributed by atoms with Crippen molar-refractivity contribution in [2.45, 2.75) is 18.7 Å². The van der Waals surface area contributed by atoms with Crippen LogP contribution >= 0.6 is 0 Å². The summed E-state index contributed by atoms with van der Waals surface area (Å²) in [7, 11) is 3.03. The van der Waals surface area contributed by atoms with Crippen LogP contribution in [-0.4, -0.2) is 51.1 Å². The number of nitrogens with two attached hydrogens (primary N) is 1. The van der Waals surface area contributed by atoms with Crippen LogP contribution in [0.15, 0.2) is 41.6 Å². The summed E-state index contributed by atoms with van der Waals surface area (Å²) in [5.74, 6) is -0.415. The maximum absolute atomic E-state index is 11.9. The van der Waals surface area contributed by atoms with Gasteiger partial charge in [0.25, 0.3) is 0 Å². The van der Waals surface area contributed by atoms with Crippen LogP contribution in [0.4, 0.5) is 0 Å². The van der Waals surface area contributed by atoms with E-state index in [-0.39, 0.29) is 18.4 Å². The molecule has 2 rings (SSSR count). The van der Waals surface area contributed by atoms with Crippen LogP contribution < -0.4 is 16.4 Å². The van der Waals surface area contributed by atoms with E-state index in [0.29, 0.717) is 24.4 Å². The molecular weight excluding hydrogens is 308 g/mol. The minimum absolute atomic E-state index is 0.122. The molecule has 0 bridgehead atoms. The zero-order chi connectivity index (χ0) is 17.5. The SMILES string of the molecule is CNC1=C(C(=N)COCc2ccccc2)C(N)CNC1C(=O)OC. The molecule has 24 heavy (non-hydrogen) atoms. The van der Waals surface area contributed by atoms with Gasteiger partial charge in [-0.05, 0) is 5.56 Å². The van der Waals surface area contributed by atoms with E-state index in [2.05, 4.69) is 10.6 Å². The molecule has 1 aliphatic heterocycles. The number of hydrogen-bond acceptors (Lipinski definition) is 7. The van der Waals surface area contributed by atoms with Crippen LogP contribution in [-0.2, 0) is 20.9 Å². The van der Waals surface area contributed by atoms with Crippen LogP contribution in [0.1, 0.15) is 5.56 Å². The van der Waals surface area contributed by atoms with Gasteiger partial charge in [0.2, 0.25) is 0 Å². The maximum Gasteiger partial charge on any atom is 0.329 e. The summed E-state index contributed by atoms with van der Waals surface area (Å²) < 4.78 is 10.4. The molecule has 1 heterocycles. The third-order valence-electron chi connectivity index (χ3n) is 3.88. The number of nitrogens with one attached hydrogen (secondary N) is 3. The van der Waals surface area contributed by atoms with Gasteiger partial charge in [-0.3, -0.25) is 5.32 Å². The van der Waals surface area contributed by atoms with Crippen LogP contribution in [0.2, 0.25) is 0 Å². The fourth-order valence-electron chi connectivity index (χ4n) is 2.71. The van der Waals surface area contributed by atoms with Crippen LogP contribution in [0, 0.1) is 5.41 Å². The molecule has 0 aromatic heterocycles. The Morgan fingerprint density at radius 3 is 2.75 bits per heavy atom. The second-order valence-corrected chi connectivity index (χ2v) is 5.51. The van der Waals surface area contributed by atoms with Gasteiger partial charge in [-0.15, -0.1) is 0 Å². The third-order valence-corrected chi connectivity index (χ3v) is 3.88. The largest absolute Gasteiger partial charge is 0.468 e. The van der Waals surface area contributed by atoms with Gasteiger partial charge in [0, 0.05) is 30.9 Å². The third kappa shape index (κ3) is 4.19. The van der Waals surface area contributed by atoms with Gasteiger partial charge in [0.15, 0.2) is 0 Å². The predicted molar refractivity (Wildman–Crippen MR) is 91.7 cm³/mol. The van der Waals surface area contributed by atoms with E-state index in [4.69, 9.17) is 20.6 Å². The number of esters is 1. The molecule has 0 aliphatic carbocycles. The zero-order valence-electron chi connectivity index (χ0n) is 14.0. The fraction of sp³-hybridized carbons (Fsp3) is 0.412. The molecule has 0 radical (unpaired) electrons. The molecule has 130 valence electrons. The first-order valence-electron chi connectivity index (χ1n) is 7.76. The minimum atomic E-state index is -0.649. The second-order valence-electron chi connectivity index (χ2n) is 5.51. The molecule has 1 aromatic rings. The first-order valence-corrected chi connectivity index (χ1v) is 7.76. The highest BCUT2D eigenvalue weighted by Gasteiger charge is 2.34. The Balaban J connectivity index is 2.08. The van der Waals surface area contributed by atoms with Crippen molar-refractivity contribution in [1.82, 2.24) is 10.6 Å². The predicted octanol–water partition coefficient (Wildman–Crippen LogP) is 0.169. The molecule has 2 atom stereocenters. The van der Waals surface area contributed by atoms with E-state index in [1.165, 1.54) is 7.11 Å². The van der Waals surface area contributed by atoms with E-state index in [9.17, 15) is 4.79 Å². The van der Waals surface area contributed by atoms with Gasteiger partial charge in [-0.25, -0.2) is 4.79 Å². The molecule has 2 unspecified atom stereocenters. The standard InChI is InChI=1S/C17H24N4O3/c1-20-15-14(12(18)8-21-16(15)17(22)23-2)13(19)10-24-9-11-6-4-3-5-7-11/h3-7,12,16,19-21H,8-10,18H2,1-2H3. The number of carbonyl (C=O) groups is 1. The summed E-state index contributed by atoms with van der Waals surface area (Å²) in [5, 5.41) is 14.3. The van der Waals surface area contributed by atoms with E-state index < -0.39 is 12.0 Å². The number of methoxy groups -OCH3 is 1. The molecule has 0 saturated heterocycles. The summed E-state index contributed by atoms with van der Waals surface area (Å²) in [6.45, 7) is 0.928. The Hall–Kier alpha value is -2.22. The highest BCUT2D eigenvalue weighted by Crippen LogP contribution is 2.17. The average Bonchev–Trinajstić information content (AvgIpc) is 2.61. The zero-order valence-corrected chi connectivity index (χ0v) is 14.0. The lowest BCUT2D eigenvalue weighted by Gasteiger charge is -2.32. The van der Waals surface area contributed by atoms with Crippen molar-refractivity contribution < 1.29 is 14.3 Å². The lowest BCUT2D eigenvalue weighted by atomic mass is 9.92. The van der Waals surface area contributed by atoms with Gasteiger partial charge >= 0.3 is 5.97 Å². The quantitative estimate of drug-likeness (QED) is 0.419. The van der Waals surface area contributed by atoms with Crippen LogP contribution in [0.25, 0.3) is 0 Å². The average molecular weight is 332 g/mol. The molecule has 1 aromatic carbocycles. The molecule has 7 nitrogen and oxygen atoms in total. The number of likely N-dealkylation sites (N-methyl/N-ethyl adjacent to an activating group) is 1. The van der Waals surface area contributed by atoms with E-state index >= 15 is 0 Å². The first-order chi connectivity index (χ1) is 11.6. The van der Waals surface area contributed by atoms with Gasteiger partial charge in [0.05, 0.1) is 26.0 Å². The Labute approximate surface area is 141 Å². The monoisotopic (exact) mass is 332 g/mol. The molecule has 0 fully saturated rings. The van der Waals surface area contributed by atoms with Crippen molar-refractivity contribution in [2.75, 3.05) is 27.3 Å². The topological polar surface area (TPSA) is 109 Å². The fourth-order valence-corrected chi connectivity index (χ4v) is 2.71. The highest BCUT2D eigenvalue weighted by molar-refractivity contribution is 6.02. The summed E-state index contributed by atoms with van der Waals surface area (Å²) in [5.41, 5.74) is 8.58. The molecular formula is C17H24N4O3. The molecule has 0 amide bonds. The van der Waals surface area contributed by atoms with Crippen molar-refractivity contribution >= 4 is 11.7 Å². The van der Waals surface area contributed by atoms with Crippen molar-refractivity contribution in [2.24, 2.45) is 5.73 Å². The highest BCUT2D eigenvalue weighted by atomic mass is 16.5. The smallest absolute Gasteiger partial charge is 0.329 e. The van der Waals surface area contributed by atoms with E-state index in [0.717, 1.165) is 5.56 Å². The van der Waals surface area contributed by atoms with Crippen molar-refractivity contribution in [3.05, 3.63) is 47.2 Å². The van der Waals surface area contributed by atoms with Crippen molar-refractivity contribution in [3.8, 4) is 0 Å². The molecule has 0 spiro atoms. The molecule has 1 aliphatic rings. The maximum atomic E-state index is 11.9. The normalized spacial score (nSPS) is 20.6. The Bertz CT molecular complexity index is 616. The molecule has 7 heteroatoms. The summed E-state index contributed by atoms with van der Waals surface area (Å²) in [6.07, 6.45) is 0. The van der Waals surface area contributed by atoms with E-state index in [1.54, 1.807) is 7.05 Å². The lowest BCUT2D eigenvalue weighted by Crippen LogP contribution is -2.55. The van der Waals surface area contributed by atoms with Crippen molar-refractivity contribution in [1.29, 1.82) is 5.41 Å². The molecule has 0 saturated carbocycles. The Morgan fingerprint density at radius 2 is 2.12 bits per heavy atom. The minimum Gasteiger partial charge on any atom is -0.468 e. The number of benzene rings is 1. The number of carbonyl (C=O) groups excluding carboxylic acids is 1. The summed E-state index contributed by atoms with van der Waals surface area (Å²) in [4.78, 5) is 11.9. The number of ether oxygens (including phenoxy) is 2. The van der Waals surface area contributed by atoms with Crippen molar-refractivity contribution in [3.63, 3.8) is 0 Å². The molecule has 5 N–H and O–H groups in total. The van der Waals surface area contributed by atoms with E-state index in [1.807, 2.05) is 30.3 Å². The van der Waals surface area contributed by atoms with Gasteiger partial charge in [0.1, 0.15) is 6.04 Å². The van der Waals surface area contributed by atoms with Gasteiger partial charge < -0.3 is 25.9 Å². The number of rotatable bonds is 7. The first kappa shape index (κ1) is 18.1. The van der Waals surface area contributed by atoms with Gasteiger partial charge in [-0.2, -0.15) is 0 Å². The van der Waals surface area contributed by atoms with Crippen LogP contribution in [0.5, 0.6) is 0 Å². The lowest BCUT2D eigenvalue weighted by molar-refractivity contribution is -0.142. The number of hydrogen-bond donors (Lipinski definition) is 4. The summed E-state index contributed by atoms with van der Waals surface area (Å²) in [6, 6.07) is 8.71. The Kier molecular flexibility index (Phi) is 6.48. The summed E-state index contributed by atoms with van der Waals surface area (Å²) >= 11 is 0.